The van der Waals surface area contributed by atoms with Gasteiger partial charge in [-0.15, -0.1) is 0 Å². The number of benzene rings is 1. The molecule has 0 radical (unpaired) electrons. The van der Waals surface area contributed by atoms with E-state index in [9.17, 15) is 0 Å². The smallest absolute Gasteiger partial charge is 0.0481 e. The number of halogens is 1. The summed E-state index contributed by atoms with van der Waals surface area (Å²) in [6.07, 6.45) is 2.61. The van der Waals surface area contributed by atoms with Crippen LogP contribution in [-0.4, -0.2) is 24.5 Å². The molecule has 0 aromatic heterocycles. The van der Waals surface area contributed by atoms with Gasteiger partial charge in [0.2, 0.25) is 0 Å². The summed E-state index contributed by atoms with van der Waals surface area (Å²) in [5, 5.41) is 0. The quantitative estimate of drug-likeness (QED) is 0.913. The minimum atomic E-state index is 0.378. The summed E-state index contributed by atoms with van der Waals surface area (Å²) >= 11 is 3.60. The molecule has 2 N–H and O–H groups in total. The highest BCUT2D eigenvalue weighted by atomic mass is 79.9. The van der Waals surface area contributed by atoms with Gasteiger partial charge >= 0.3 is 0 Å². The molecule has 0 aliphatic carbocycles. The summed E-state index contributed by atoms with van der Waals surface area (Å²) in [6.45, 7) is 3.06. The molecule has 2 nitrogen and oxygen atoms in total. The summed E-state index contributed by atoms with van der Waals surface area (Å²) in [4.78, 5) is 2.49. The summed E-state index contributed by atoms with van der Waals surface area (Å²) in [7, 11) is 0. The molecule has 1 heterocycles. The van der Waals surface area contributed by atoms with Gasteiger partial charge < -0.3 is 5.73 Å². The first-order valence-electron chi connectivity index (χ1n) is 5.51. The third kappa shape index (κ3) is 2.41. The van der Waals surface area contributed by atoms with Crippen molar-refractivity contribution in [3.63, 3.8) is 0 Å². The number of hydrogen-bond acceptors (Lipinski definition) is 2. The molecule has 1 aromatic rings. The van der Waals surface area contributed by atoms with Crippen molar-refractivity contribution >= 4 is 15.9 Å². The van der Waals surface area contributed by atoms with Gasteiger partial charge in [0.1, 0.15) is 0 Å². The van der Waals surface area contributed by atoms with Crippen molar-refractivity contribution in [1.82, 2.24) is 4.90 Å². The van der Waals surface area contributed by atoms with Crippen LogP contribution in [0.4, 0.5) is 0 Å². The number of nitrogens with two attached hydrogens (primary N) is 1. The van der Waals surface area contributed by atoms with Crippen LogP contribution in [0.15, 0.2) is 28.7 Å². The average molecular weight is 269 g/mol. The average Bonchev–Trinajstić information content (AvgIpc) is 2.75. The molecule has 1 saturated heterocycles. The van der Waals surface area contributed by atoms with Crippen LogP contribution in [-0.2, 0) is 0 Å². The second-order valence-corrected chi connectivity index (χ2v) is 4.87. The maximum absolute atomic E-state index is 5.89. The highest BCUT2D eigenvalue weighted by molar-refractivity contribution is 9.10. The van der Waals surface area contributed by atoms with E-state index >= 15 is 0 Å². The monoisotopic (exact) mass is 268 g/mol. The lowest BCUT2D eigenvalue weighted by Crippen LogP contribution is -2.31. The van der Waals surface area contributed by atoms with Crippen LogP contribution in [0.2, 0.25) is 0 Å². The van der Waals surface area contributed by atoms with E-state index in [1.165, 1.54) is 36.0 Å². The molecule has 2 rings (SSSR count). The number of rotatable bonds is 3. The van der Waals surface area contributed by atoms with Crippen LogP contribution >= 0.6 is 15.9 Å². The number of nitrogens with zero attached hydrogens (tertiary/aromatic N) is 1. The van der Waals surface area contributed by atoms with Gasteiger partial charge in [0.05, 0.1) is 0 Å². The zero-order valence-electron chi connectivity index (χ0n) is 8.82. The molecule has 0 amide bonds. The lowest BCUT2D eigenvalue weighted by molar-refractivity contribution is 0.250. The molecule has 1 aromatic carbocycles. The Labute approximate surface area is 99.6 Å². The molecule has 1 aliphatic heterocycles. The maximum atomic E-state index is 5.89. The predicted molar refractivity (Wildman–Crippen MR) is 66.7 cm³/mol. The minimum Gasteiger partial charge on any atom is -0.329 e. The molecule has 1 unspecified atom stereocenters. The summed E-state index contributed by atoms with van der Waals surface area (Å²) in [5.41, 5.74) is 7.21. The molecule has 82 valence electrons. The first kappa shape index (κ1) is 11.1. The van der Waals surface area contributed by atoms with E-state index in [-0.39, 0.29) is 0 Å². The molecule has 1 fully saturated rings. The fourth-order valence-electron chi connectivity index (χ4n) is 2.27. The summed E-state index contributed by atoms with van der Waals surface area (Å²) in [6, 6.07) is 8.76. The van der Waals surface area contributed by atoms with Crippen molar-refractivity contribution in [2.24, 2.45) is 5.73 Å². The Hall–Kier alpha value is -0.380. The molecule has 1 aliphatic rings. The van der Waals surface area contributed by atoms with Crippen LogP contribution in [0.1, 0.15) is 24.4 Å². The highest BCUT2D eigenvalue weighted by Crippen LogP contribution is 2.29. The van der Waals surface area contributed by atoms with Crippen molar-refractivity contribution in [3.8, 4) is 0 Å². The summed E-state index contributed by atoms with van der Waals surface area (Å²) in [5.74, 6) is 0. The number of likely N-dealkylation sites (tertiary alicyclic amines) is 1. The molecular formula is C12H17BrN2. The maximum Gasteiger partial charge on any atom is 0.0481 e. The van der Waals surface area contributed by atoms with Gasteiger partial charge in [-0.3, -0.25) is 4.90 Å². The molecule has 1 atom stereocenters. The van der Waals surface area contributed by atoms with Crippen molar-refractivity contribution in [2.45, 2.75) is 18.9 Å². The van der Waals surface area contributed by atoms with Crippen molar-refractivity contribution in [3.05, 3.63) is 34.3 Å². The van der Waals surface area contributed by atoms with E-state index in [0.29, 0.717) is 12.6 Å². The van der Waals surface area contributed by atoms with E-state index in [0.717, 1.165) is 0 Å². The van der Waals surface area contributed by atoms with Crippen molar-refractivity contribution < 1.29 is 0 Å². The second kappa shape index (κ2) is 5.10. The van der Waals surface area contributed by atoms with E-state index in [1.54, 1.807) is 0 Å². The van der Waals surface area contributed by atoms with E-state index < -0.39 is 0 Å². The Morgan fingerprint density at radius 2 is 1.93 bits per heavy atom. The Morgan fingerprint density at radius 1 is 1.27 bits per heavy atom. The zero-order valence-corrected chi connectivity index (χ0v) is 10.4. The first-order valence-corrected chi connectivity index (χ1v) is 6.31. The number of hydrogen-bond donors (Lipinski definition) is 1. The minimum absolute atomic E-state index is 0.378. The molecule has 0 spiro atoms. The van der Waals surface area contributed by atoms with Gasteiger partial charge in [0.15, 0.2) is 0 Å². The van der Waals surface area contributed by atoms with Crippen LogP contribution < -0.4 is 5.73 Å². The van der Waals surface area contributed by atoms with Crippen molar-refractivity contribution in [1.29, 1.82) is 0 Å². The van der Waals surface area contributed by atoms with Gasteiger partial charge in [-0.1, -0.05) is 34.1 Å². The fraction of sp³-hybridized carbons (Fsp3) is 0.500. The van der Waals surface area contributed by atoms with Gasteiger partial charge in [0, 0.05) is 17.1 Å². The Kier molecular flexibility index (Phi) is 3.78. The largest absolute Gasteiger partial charge is 0.329 e. The van der Waals surface area contributed by atoms with Crippen LogP contribution in [0, 0.1) is 0 Å². The van der Waals surface area contributed by atoms with Crippen LogP contribution in [0.5, 0.6) is 0 Å². The summed E-state index contributed by atoms with van der Waals surface area (Å²) < 4.78 is 1.17. The Balaban J connectivity index is 2.22. The van der Waals surface area contributed by atoms with E-state index in [4.69, 9.17) is 5.73 Å². The normalized spacial score (nSPS) is 19.3. The Bertz CT molecular complexity index is 321. The second-order valence-electron chi connectivity index (χ2n) is 4.02. The molecular weight excluding hydrogens is 252 g/mol. The first-order chi connectivity index (χ1) is 7.33. The lowest BCUT2D eigenvalue weighted by atomic mass is 10.1. The van der Waals surface area contributed by atoms with Crippen LogP contribution in [0.25, 0.3) is 0 Å². The fourth-order valence-corrected chi connectivity index (χ4v) is 2.82. The predicted octanol–water partition coefficient (Wildman–Crippen LogP) is 2.54. The van der Waals surface area contributed by atoms with Gasteiger partial charge in [-0.05, 0) is 37.6 Å². The van der Waals surface area contributed by atoms with Gasteiger partial charge in [-0.2, -0.15) is 0 Å². The highest BCUT2D eigenvalue weighted by Gasteiger charge is 2.23. The van der Waals surface area contributed by atoms with E-state index in [2.05, 4.69) is 39.0 Å². The lowest BCUT2D eigenvalue weighted by Gasteiger charge is -2.27. The van der Waals surface area contributed by atoms with E-state index in [1.807, 2.05) is 6.07 Å². The van der Waals surface area contributed by atoms with Gasteiger partial charge in [0.25, 0.3) is 0 Å². The molecule has 0 bridgehead atoms. The topological polar surface area (TPSA) is 29.3 Å². The SMILES string of the molecule is NCC(c1ccccc1Br)N1CCCC1. The third-order valence-electron chi connectivity index (χ3n) is 3.07. The van der Waals surface area contributed by atoms with Gasteiger partial charge in [-0.25, -0.2) is 0 Å². The van der Waals surface area contributed by atoms with Crippen LogP contribution in [0.3, 0.4) is 0 Å². The standard InChI is InChI=1S/C12H17BrN2/c13-11-6-2-1-5-10(11)12(9-14)15-7-3-4-8-15/h1-2,5-6,12H,3-4,7-9,14H2. The molecule has 0 saturated carbocycles. The van der Waals surface area contributed by atoms with Crippen molar-refractivity contribution in [2.75, 3.05) is 19.6 Å². The third-order valence-corrected chi connectivity index (χ3v) is 3.79. The Morgan fingerprint density at radius 3 is 2.53 bits per heavy atom. The molecule has 15 heavy (non-hydrogen) atoms. The molecule has 3 heteroatoms. The zero-order chi connectivity index (χ0) is 10.7.